The Morgan fingerprint density at radius 3 is 1.33 bits per heavy atom. The van der Waals surface area contributed by atoms with Crippen LogP contribution < -0.4 is 91.2 Å². The second-order valence-corrected chi connectivity index (χ2v) is 1.84. The number of carbonyl (C=O) groups excluding carboxylic acids is 2. The molecule has 0 fully saturated rings. The molecule has 15 heavy (non-hydrogen) atoms. The Morgan fingerprint density at radius 2 is 1.27 bits per heavy atom. The van der Waals surface area contributed by atoms with Gasteiger partial charge in [0, 0.05) is 6.61 Å². The van der Waals surface area contributed by atoms with Crippen LogP contribution in [-0.2, 0) is 9.59 Å². The fourth-order valence-electron chi connectivity index (χ4n) is 0.258. The van der Waals surface area contributed by atoms with Gasteiger partial charge in [-0.2, -0.15) is 0 Å². The Balaban J connectivity index is -0.000000108. The monoisotopic (exact) mass is 256 g/mol. The van der Waals surface area contributed by atoms with Crippen molar-refractivity contribution in [2.24, 2.45) is 0 Å². The normalized spacial score (nSPS) is 11.7. The minimum atomic E-state index is -2.44. The Morgan fingerprint density at radius 1 is 1.13 bits per heavy atom. The van der Waals surface area contributed by atoms with Gasteiger partial charge in [-0.1, -0.05) is 0 Å². The quantitative estimate of drug-likeness (QED) is 0.426. The van der Waals surface area contributed by atoms with Crippen LogP contribution in [0.15, 0.2) is 0 Å². The summed E-state index contributed by atoms with van der Waals surface area (Å²) in [5, 5.41) is 43.3. The molecule has 0 spiro atoms. The maximum absolute atomic E-state index is 9.63. The number of aliphatic hydroxyl groups is 3. The van der Waals surface area contributed by atoms with Crippen LogP contribution in [0.25, 0.3) is 0 Å². The molecule has 2 unspecified atom stereocenters. The number of aliphatic hydroxyl groups excluding tert-OH is 3. The van der Waals surface area contributed by atoms with Crippen molar-refractivity contribution < 1.29 is 116 Å². The smallest absolute Gasteiger partial charge is 0.547 e. The van der Waals surface area contributed by atoms with E-state index in [0.717, 1.165) is 0 Å². The van der Waals surface area contributed by atoms with Crippen molar-refractivity contribution in [1.82, 2.24) is 0 Å². The van der Waals surface area contributed by atoms with E-state index in [1.165, 1.54) is 0 Å². The molecule has 9 heteroatoms. The second kappa shape index (κ2) is 15.5. The molecule has 3 N–H and O–H groups in total. The van der Waals surface area contributed by atoms with E-state index in [2.05, 4.69) is 0 Å². The molecule has 0 aliphatic heterocycles. The molecule has 0 radical (unpaired) electrons. The van der Waals surface area contributed by atoms with Gasteiger partial charge < -0.3 is 35.1 Å². The van der Waals surface area contributed by atoms with E-state index in [1.54, 1.807) is 6.92 Å². The Bertz CT molecular complexity index is 159. The predicted molar refractivity (Wildman–Crippen MR) is 34.8 cm³/mol. The number of rotatable bonds is 3. The summed E-state index contributed by atoms with van der Waals surface area (Å²) in [6.45, 7) is 1.93. The van der Waals surface area contributed by atoms with Crippen LogP contribution >= 0.6 is 0 Å². The fourth-order valence-corrected chi connectivity index (χ4v) is 0.258. The van der Waals surface area contributed by atoms with Crippen LogP contribution in [-0.4, -0.2) is 46.1 Å². The topological polar surface area (TPSA) is 141 Å². The first kappa shape index (κ1) is 25.3. The molecule has 0 bridgehead atoms. The van der Waals surface area contributed by atoms with Gasteiger partial charge in [-0.05, 0) is 6.92 Å². The molecular formula is C6H10KNaO7. The minimum Gasteiger partial charge on any atom is -0.547 e. The van der Waals surface area contributed by atoms with E-state index < -0.39 is 24.1 Å². The van der Waals surface area contributed by atoms with Crippen LogP contribution in [0.2, 0.25) is 0 Å². The zero-order chi connectivity index (χ0) is 11.0. The molecule has 0 saturated heterocycles. The summed E-state index contributed by atoms with van der Waals surface area (Å²) in [5.41, 5.74) is 0. The summed E-state index contributed by atoms with van der Waals surface area (Å²) in [4.78, 5) is 19.3. The van der Waals surface area contributed by atoms with E-state index in [0.29, 0.717) is 0 Å². The van der Waals surface area contributed by atoms with Crippen molar-refractivity contribution in [3.05, 3.63) is 0 Å². The fraction of sp³-hybridized carbons (Fsp3) is 0.667. The van der Waals surface area contributed by atoms with Crippen molar-refractivity contribution in [2.45, 2.75) is 19.1 Å². The van der Waals surface area contributed by atoms with Crippen molar-refractivity contribution in [2.75, 3.05) is 6.61 Å². The van der Waals surface area contributed by atoms with E-state index in [1.807, 2.05) is 0 Å². The molecule has 0 aromatic carbocycles. The number of hydrogen-bond donors (Lipinski definition) is 3. The molecular weight excluding hydrogens is 246 g/mol. The number of carboxylic acid groups (broad SMARTS) is 2. The van der Waals surface area contributed by atoms with Crippen LogP contribution in [0.5, 0.6) is 0 Å². The summed E-state index contributed by atoms with van der Waals surface area (Å²) < 4.78 is 0. The van der Waals surface area contributed by atoms with Crippen LogP contribution in [0.3, 0.4) is 0 Å². The number of hydrogen-bond acceptors (Lipinski definition) is 7. The van der Waals surface area contributed by atoms with Crippen LogP contribution in [0.4, 0.5) is 0 Å². The van der Waals surface area contributed by atoms with Crippen molar-refractivity contribution in [3.63, 3.8) is 0 Å². The maximum atomic E-state index is 9.63. The van der Waals surface area contributed by atoms with E-state index in [-0.39, 0.29) is 87.5 Å². The van der Waals surface area contributed by atoms with E-state index in [9.17, 15) is 19.8 Å². The molecule has 0 rings (SSSR count). The molecule has 0 aromatic rings. The molecule has 0 aliphatic rings. The average molecular weight is 256 g/mol. The van der Waals surface area contributed by atoms with Gasteiger partial charge >= 0.3 is 80.9 Å². The van der Waals surface area contributed by atoms with Gasteiger partial charge in [0.15, 0.2) is 0 Å². The minimum absolute atomic E-state index is 0. The Hall–Kier alpha value is 1.46. The number of aliphatic carboxylic acids is 2. The molecule has 78 valence electrons. The molecule has 0 amide bonds. The zero-order valence-corrected chi connectivity index (χ0v) is 14.0. The molecule has 0 aromatic heterocycles. The number of carboxylic acids is 2. The zero-order valence-electron chi connectivity index (χ0n) is 8.84. The van der Waals surface area contributed by atoms with E-state index >= 15 is 0 Å². The van der Waals surface area contributed by atoms with Gasteiger partial charge in [-0.25, -0.2) is 0 Å². The largest absolute Gasteiger partial charge is 1.00 e. The average Bonchev–Trinajstić information content (AvgIpc) is 2.03. The molecule has 0 aliphatic carbocycles. The maximum Gasteiger partial charge on any atom is 1.00 e. The summed E-state index contributed by atoms with van der Waals surface area (Å²) in [7, 11) is 0. The summed E-state index contributed by atoms with van der Waals surface area (Å²) >= 11 is 0. The van der Waals surface area contributed by atoms with Gasteiger partial charge in [0.25, 0.3) is 0 Å². The Labute approximate surface area is 151 Å². The van der Waals surface area contributed by atoms with Gasteiger partial charge in [-0.3, -0.25) is 0 Å². The molecule has 0 saturated carbocycles. The second-order valence-electron chi connectivity index (χ2n) is 1.84. The summed E-state index contributed by atoms with van der Waals surface area (Å²) in [6.07, 6.45) is -4.88. The molecule has 2 atom stereocenters. The van der Waals surface area contributed by atoms with Crippen molar-refractivity contribution in [1.29, 1.82) is 0 Å². The van der Waals surface area contributed by atoms with Crippen LogP contribution in [0, 0.1) is 0 Å². The van der Waals surface area contributed by atoms with Gasteiger partial charge in [0.05, 0.1) is 11.9 Å². The Kier molecular flexibility index (Phi) is 26.1. The van der Waals surface area contributed by atoms with Gasteiger partial charge in [-0.15, -0.1) is 0 Å². The van der Waals surface area contributed by atoms with E-state index in [4.69, 9.17) is 15.3 Å². The first-order valence-corrected chi connectivity index (χ1v) is 3.27. The summed E-state index contributed by atoms with van der Waals surface area (Å²) in [6, 6.07) is 0. The third kappa shape index (κ3) is 15.5. The molecule has 7 nitrogen and oxygen atoms in total. The van der Waals surface area contributed by atoms with Gasteiger partial charge in [0.1, 0.15) is 12.2 Å². The first-order valence-electron chi connectivity index (χ1n) is 3.27. The standard InChI is InChI=1S/C4H6O6.C2H6O.K.Na/c5-1(3(7)8)2(6)4(9)10;1-2-3;;/h1-2,5-6H,(H,7,8)(H,9,10);3H,2H2,1H3;;/q;;2*+1/p-2. The third-order valence-corrected chi connectivity index (χ3v) is 0.782. The third-order valence-electron chi connectivity index (χ3n) is 0.782. The first-order chi connectivity index (χ1) is 5.88. The predicted octanol–water partition coefficient (Wildman–Crippen LogP) is -10.8. The SMILES string of the molecule is CCO.O=C([O-])C(O)C(O)C(=O)[O-].[K+].[Na+]. The van der Waals surface area contributed by atoms with Crippen molar-refractivity contribution in [3.8, 4) is 0 Å². The van der Waals surface area contributed by atoms with Crippen LogP contribution in [0.1, 0.15) is 6.92 Å². The van der Waals surface area contributed by atoms with Crippen molar-refractivity contribution >= 4 is 11.9 Å². The number of carbonyl (C=O) groups is 2. The molecule has 0 heterocycles. The summed E-state index contributed by atoms with van der Waals surface area (Å²) in [5.74, 6) is -4.12. The van der Waals surface area contributed by atoms with Gasteiger partial charge in [0.2, 0.25) is 0 Å².